The van der Waals surface area contributed by atoms with E-state index in [4.69, 9.17) is 14.6 Å². The van der Waals surface area contributed by atoms with E-state index in [9.17, 15) is 35.9 Å². The minimum Gasteiger partial charge on any atom is -0.481 e. The number of aliphatic carboxylic acids is 1. The van der Waals surface area contributed by atoms with Crippen molar-refractivity contribution in [3.8, 4) is 0 Å². The van der Waals surface area contributed by atoms with Gasteiger partial charge in [0.05, 0.1) is 30.9 Å². The maximum atomic E-state index is 12.9. The van der Waals surface area contributed by atoms with Crippen LogP contribution in [0.3, 0.4) is 0 Å². The van der Waals surface area contributed by atoms with Crippen molar-refractivity contribution in [1.82, 2.24) is 5.32 Å². The summed E-state index contributed by atoms with van der Waals surface area (Å²) in [6.07, 6.45) is -6.01. The van der Waals surface area contributed by atoms with E-state index >= 15 is 0 Å². The number of amides is 2. The van der Waals surface area contributed by atoms with Gasteiger partial charge in [-0.3, -0.25) is 4.79 Å². The first-order chi connectivity index (χ1) is 15.9. The molecule has 0 radical (unpaired) electrons. The number of carbonyl (C=O) groups excluding carboxylic acids is 1. The Morgan fingerprint density at radius 2 is 1.38 bits per heavy atom. The summed E-state index contributed by atoms with van der Waals surface area (Å²) in [5, 5.41) is 12.9. The Morgan fingerprint density at radius 1 is 0.794 bits per heavy atom. The van der Waals surface area contributed by atoms with Crippen LogP contribution in [0.15, 0.2) is 18.2 Å². The number of nitrogens with one attached hydrogen (secondary N) is 2. The van der Waals surface area contributed by atoms with Crippen molar-refractivity contribution in [3.63, 3.8) is 0 Å². The van der Waals surface area contributed by atoms with Crippen molar-refractivity contribution >= 4 is 17.7 Å². The lowest BCUT2D eigenvalue weighted by molar-refractivity contribution is -0.162. The van der Waals surface area contributed by atoms with Gasteiger partial charge < -0.3 is 25.2 Å². The molecular formula is C21H28F6N2O5. The number of carbonyl (C=O) groups is 2. The zero-order valence-electron chi connectivity index (χ0n) is 18.4. The minimum absolute atomic E-state index is 0.0228. The average Bonchev–Trinajstić information content (AvgIpc) is 2.72. The highest BCUT2D eigenvalue weighted by atomic mass is 19.4. The van der Waals surface area contributed by atoms with Gasteiger partial charge in [0.2, 0.25) is 0 Å². The number of unbranched alkanes of at least 4 members (excludes halogenated alkanes) is 4. The standard InChI is InChI=1S/C21H28F6N2O5/c22-20(23,24)16-8-7-15(14-17(16)21(25,26)27)29-19(32)28-9-11-34-13-12-33-10-5-3-1-2-4-6-18(30)31/h7-8,14H,1-6,9-13H2,(H,30,31)(H2,28,29,32). The topological polar surface area (TPSA) is 96.9 Å². The summed E-state index contributed by atoms with van der Waals surface area (Å²) in [4.78, 5) is 22.1. The molecule has 1 aromatic rings. The molecule has 0 saturated carbocycles. The zero-order chi connectivity index (χ0) is 25.6. The molecule has 194 valence electrons. The number of halogens is 6. The first-order valence-corrected chi connectivity index (χ1v) is 10.6. The summed E-state index contributed by atoms with van der Waals surface area (Å²) in [5.41, 5.74) is -4.16. The first-order valence-electron chi connectivity index (χ1n) is 10.6. The molecule has 3 N–H and O–H groups in total. The molecule has 0 spiro atoms. The number of hydrogen-bond donors (Lipinski definition) is 3. The van der Waals surface area contributed by atoms with Gasteiger partial charge in [-0.15, -0.1) is 0 Å². The second-order valence-electron chi connectivity index (χ2n) is 7.27. The monoisotopic (exact) mass is 502 g/mol. The number of anilines is 1. The fourth-order valence-corrected chi connectivity index (χ4v) is 2.85. The van der Waals surface area contributed by atoms with Crippen LogP contribution in [-0.2, 0) is 26.6 Å². The Hall–Kier alpha value is -2.54. The predicted molar refractivity (Wildman–Crippen MR) is 110 cm³/mol. The van der Waals surface area contributed by atoms with E-state index in [-0.39, 0.29) is 38.3 Å². The van der Waals surface area contributed by atoms with Crippen molar-refractivity contribution in [2.75, 3.05) is 38.3 Å². The fourth-order valence-electron chi connectivity index (χ4n) is 2.85. The molecule has 0 saturated heterocycles. The molecule has 2 amide bonds. The van der Waals surface area contributed by atoms with Gasteiger partial charge in [-0.05, 0) is 31.0 Å². The summed E-state index contributed by atoms with van der Waals surface area (Å²) < 4.78 is 87.7. The SMILES string of the molecule is O=C(O)CCCCCCCOCCOCCNC(=O)Nc1ccc(C(F)(F)F)c(C(F)(F)F)c1. The van der Waals surface area contributed by atoms with Crippen molar-refractivity contribution < 1.29 is 50.5 Å². The highest BCUT2D eigenvalue weighted by Gasteiger charge is 2.43. The summed E-state index contributed by atoms with van der Waals surface area (Å²) in [6.45, 7) is 1.25. The van der Waals surface area contributed by atoms with Gasteiger partial charge in [0.1, 0.15) is 0 Å². The molecule has 0 aliphatic rings. The molecule has 1 aromatic carbocycles. The smallest absolute Gasteiger partial charge is 0.417 e. The van der Waals surface area contributed by atoms with Crippen LogP contribution in [0.5, 0.6) is 0 Å². The summed E-state index contributed by atoms with van der Waals surface area (Å²) in [7, 11) is 0. The Labute approximate surface area is 192 Å². The fraction of sp³-hybridized carbons (Fsp3) is 0.619. The number of carboxylic acid groups (broad SMARTS) is 1. The normalized spacial score (nSPS) is 11.9. The van der Waals surface area contributed by atoms with Gasteiger partial charge in [-0.1, -0.05) is 19.3 Å². The molecule has 0 unspecified atom stereocenters. The van der Waals surface area contributed by atoms with Gasteiger partial charge in [0.25, 0.3) is 0 Å². The van der Waals surface area contributed by atoms with E-state index in [2.05, 4.69) is 10.6 Å². The van der Waals surface area contributed by atoms with Crippen LogP contribution in [0.25, 0.3) is 0 Å². The maximum Gasteiger partial charge on any atom is 0.417 e. The maximum absolute atomic E-state index is 12.9. The lowest BCUT2D eigenvalue weighted by Gasteiger charge is -2.17. The molecule has 0 bridgehead atoms. The Morgan fingerprint density at radius 3 is 2.00 bits per heavy atom. The van der Waals surface area contributed by atoms with E-state index in [1.807, 2.05) is 0 Å². The molecule has 7 nitrogen and oxygen atoms in total. The van der Waals surface area contributed by atoms with Gasteiger partial charge >= 0.3 is 24.4 Å². The van der Waals surface area contributed by atoms with E-state index in [0.29, 0.717) is 19.6 Å². The van der Waals surface area contributed by atoms with E-state index < -0.39 is 41.2 Å². The third kappa shape index (κ3) is 12.6. The number of benzene rings is 1. The van der Waals surface area contributed by atoms with Crippen LogP contribution in [-0.4, -0.2) is 50.1 Å². The van der Waals surface area contributed by atoms with E-state index in [0.717, 1.165) is 31.7 Å². The molecule has 0 aliphatic heterocycles. The number of alkyl halides is 6. The first kappa shape index (κ1) is 29.5. The van der Waals surface area contributed by atoms with Crippen LogP contribution in [0.4, 0.5) is 36.8 Å². The van der Waals surface area contributed by atoms with Gasteiger partial charge in [0.15, 0.2) is 0 Å². The minimum atomic E-state index is -5.24. The lowest BCUT2D eigenvalue weighted by atomic mass is 10.1. The van der Waals surface area contributed by atoms with Crippen LogP contribution < -0.4 is 10.6 Å². The van der Waals surface area contributed by atoms with Crippen LogP contribution in [0, 0.1) is 0 Å². The quantitative estimate of drug-likeness (QED) is 0.223. The van der Waals surface area contributed by atoms with Gasteiger partial charge in [-0.2, -0.15) is 26.3 Å². The average molecular weight is 502 g/mol. The van der Waals surface area contributed by atoms with Crippen molar-refractivity contribution in [2.45, 2.75) is 50.9 Å². The summed E-state index contributed by atoms with van der Waals surface area (Å²) in [6, 6.07) is 0.339. The number of rotatable bonds is 15. The Kier molecular flexibility index (Phi) is 12.7. The second-order valence-corrected chi connectivity index (χ2v) is 7.27. The van der Waals surface area contributed by atoms with Gasteiger partial charge in [0, 0.05) is 25.3 Å². The van der Waals surface area contributed by atoms with Gasteiger partial charge in [-0.25, -0.2) is 4.79 Å². The van der Waals surface area contributed by atoms with Crippen LogP contribution in [0.1, 0.15) is 49.7 Å². The molecule has 0 atom stereocenters. The predicted octanol–water partition coefficient (Wildman–Crippen LogP) is 5.30. The molecule has 13 heteroatoms. The molecular weight excluding hydrogens is 474 g/mol. The number of hydrogen-bond acceptors (Lipinski definition) is 4. The molecule has 0 heterocycles. The summed E-state index contributed by atoms with van der Waals surface area (Å²) in [5.74, 6) is -0.794. The molecule has 0 aromatic heterocycles. The summed E-state index contributed by atoms with van der Waals surface area (Å²) >= 11 is 0. The Balaban J connectivity index is 2.17. The lowest BCUT2D eigenvalue weighted by Crippen LogP contribution is -2.32. The highest BCUT2D eigenvalue weighted by Crippen LogP contribution is 2.41. The van der Waals surface area contributed by atoms with E-state index in [1.54, 1.807) is 0 Å². The third-order valence-electron chi connectivity index (χ3n) is 4.47. The largest absolute Gasteiger partial charge is 0.481 e. The second kappa shape index (κ2) is 14.7. The third-order valence-corrected chi connectivity index (χ3v) is 4.47. The number of carboxylic acids is 1. The number of ether oxygens (including phenoxy) is 2. The van der Waals surface area contributed by atoms with Crippen molar-refractivity contribution in [3.05, 3.63) is 29.3 Å². The number of urea groups is 1. The van der Waals surface area contributed by atoms with Crippen LogP contribution in [0.2, 0.25) is 0 Å². The highest BCUT2D eigenvalue weighted by molar-refractivity contribution is 5.89. The van der Waals surface area contributed by atoms with Crippen molar-refractivity contribution in [1.29, 1.82) is 0 Å². The zero-order valence-corrected chi connectivity index (χ0v) is 18.4. The molecule has 0 fully saturated rings. The molecule has 34 heavy (non-hydrogen) atoms. The Bertz CT molecular complexity index is 771. The molecule has 1 rings (SSSR count). The van der Waals surface area contributed by atoms with Crippen molar-refractivity contribution in [2.24, 2.45) is 0 Å². The molecule has 0 aliphatic carbocycles. The van der Waals surface area contributed by atoms with Crippen LogP contribution >= 0.6 is 0 Å². The van der Waals surface area contributed by atoms with E-state index in [1.165, 1.54) is 0 Å².